The second kappa shape index (κ2) is 11.6. The van der Waals surface area contributed by atoms with Crippen molar-refractivity contribution in [3.05, 3.63) is 63.9 Å². The molecule has 0 fully saturated rings. The first-order chi connectivity index (χ1) is 15.8. The zero-order valence-corrected chi connectivity index (χ0v) is 21.4. The topological polar surface area (TPSA) is 69.0 Å². The van der Waals surface area contributed by atoms with Crippen LogP contribution in [0, 0.1) is 20.8 Å². The van der Waals surface area contributed by atoms with Crippen molar-refractivity contribution in [3.8, 4) is 5.75 Å². The van der Waals surface area contributed by atoms with Crippen molar-refractivity contribution < 1.29 is 9.53 Å². The van der Waals surface area contributed by atoms with E-state index in [4.69, 9.17) is 16.3 Å². The van der Waals surface area contributed by atoms with Gasteiger partial charge in [0, 0.05) is 11.7 Å². The van der Waals surface area contributed by atoms with Gasteiger partial charge in [0.2, 0.25) is 5.91 Å². The number of hydrogen-bond donors (Lipinski definition) is 1. The van der Waals surface area contributed by atoms with Gasteiger partial charge in [-0.1, -0.05) is 67.0 Å². The van der Waals surface area contributed by atoms with Gasteiger partial charge in [-0.2, -0.15) is 0 Å². The highest BCUT2D eigenvalue weighted by Crippen LogP contribution is 2.29. The van der Waals surface area contributed by atoms with Crippen molar-refractivity contribution in [2.45, 2.75) is 65.3 Å². The van der Waals surface area contributed by atoms with Crippen LogP contribution in [-0.4, -0.2) is 26.4 Å². The Morgan fingerprint density at radius 1 is 1.12 bits per heavy atom. The summed E-state index contributed by atoms with van der Waals surface area (Å²) in [5, 5.41) is 13.1. The van der Waals surface area contributed by atoms with Crippen molar-refractivity contribution >= 4 is 35.0 Å². The number of nitrogens with zero attached hydrogens (tertiary/aromatic N) is 3. The van der Waals surface area contributed by atoms with Crippen molar-refractivity contribution in [1.29, 1.82) is 0 Å². The number of thioether (sulfide) groups is 1. The van der Waals surface area contributed by atoms with E-state index in [1.165, 1.54) is 17.3 Å². The Bertz CT molecular complexity index is 1090. The molecule has 6 nitrogen and oxygen atoms in total. The number of carbonyl (C=O) groups is 1. The van der Waals surface area contributed by atoms with Gasteiger partial charge in [-0.3, -0.25) is 4.79 Å². The highest BCUT2D eigenvalue weighted by Gasteiger charge is 2.20. The number of ether oxygens (including phenoxy) is 1. The summed E-state index contributed by atoms with van der Waals surface area (Å²) in [6, 6.07) is 11.7. The molecule has 0 aliphatic rings. The normalized spacial score (nSPS) is 11.1. The molecule has 8 heteroatoms. The summed E-state index contributed by atoms with van der Waals surface area (Å²) in [6.07, 6.45) is 1.85. The summed E-state index contributed by atoms with van der Waals surface area (Å²) >= 11 is 7.61. The second-order valence-electron chi connectivity index (χ2n) is 8.07. The van der Waals surface area contributed by atoms with Crippen LogP contribution >= 0.6 is 23.4 Å². The van der Waals surface area contributed by atoms with E-state index in [0.29, 0.717) is 15.9 Å². The highest BCUT2D eigenvalue weighted by molar-refractivity contribution is 7.99. The maximum absolute atomic E-state index is 12.7. The first-order valence-electron chi connectivity index (χ1n) is 11.2. The van der Waals surface area contributed by atoms with E-state index in [1.807, 2.05) is 32.0 Å². The lowest BCUT2D eigenvalue weighted by molar-refractivity contribution is -0.113. The van der Waals surface area contributed by atoms with Gasteiger partial charge in [-0.25, -0.2) is 0 Å². The third-order valence-electron chi connectivity index (χ3n) is 5.51. The summed E-state index contributed by atoms with van der Waals surface area (Å²) in [6.45, 7) is 10.6. The molecule has 1 N–H and O–H groups in total. The maximum Gasteiger partial charge on any atom is 0.234 e. The molecule has 0 bridgehead atoms. The SMILES string of the molecule is CCC(CC)n1c(COc2ccccc2Cl)nnc1SCC(=O)Nc1c(C)cc(C)cc1C. The van der Waals surface area contributed by atoms with Crippen LogP contribution in [0.1, 0.15) is 55.2 Å². The maximum atomic E-state index is 12.7. The Morgan fingerprint density at radius 3 is 2.42 bits per heavy atom. The quantitative estimate of drug-likeness (QED) is 0.330. The average Bonchev–Trinajstić information content (AvgIpc) is 3.18. The van der Waals surface area contributed by atoms with Gasteiger partial charge in [0.05, 0.1) is 10.8 Å². The van der Waals surface area contributed by atoms with Gasteiger partial charge < -0.3 is 14.6 Å². The van der Waals surface area contributed by atoms with Crippen LogP contribution in [0.4, 0.5) is 5.69 Å². The van der Waals surface area contributed by atoms with E-state index in [-0.39, 0.29) is 24.3 Å². The minimum absolute atomic E-state index is 0.0667. The molecule has 176 valence electrons. The van der Waals surface area contributed by atoms with E-state index >= 15 is 0 Å². The molecule has 0 unspecified atom stereocenters. The van der Waals surface area contributed by atoms with Crippen LogP contribution in [0.2, 0.25) is 5.02 Å². The summed E-state index contributed by atoms with van der Waals surface area (Å²) in [7, 11) is 0. The van der Waals surface area contributed by atoms with E-state index < -0.39 is 0 Å². The predicted molar refractivity (Wildman–Crippen MR) is 135 cm³/mol. The highest BCUT2D eigenvalue weighted by atomic mass is 35.5. The van der Waals surface area contributed by atoms with E-state index in [9.17, 15) is 4.79 Å². The lowest BCUT2D eigenvalue weighted by atomic mass is 10.1. The van der Waals surface area contributed by atoms with Crippen molar-refractivity contribution in [2.24, 2.45) is 0 Å². The van der Waals surface area contributed by atoms with E-state index in [2.05, 4.69) is 53.0 Å². The van der Waals surface area contributed by atoms with Gasteiger partial charge in [0.15, 0.2) is 11.0 Å². The molecule has 2 aromatic carbocycles. The summed E-state index contributed by atoms with van der Waals surface area (Å²) < 4.78 is 8.01. The van der Waals surface area contributed by atoms with Crippen LogP contribution < -0.4 is 10.1 Å². The zero-order valence-electron chi connectivity index (χ0n) is 19.8. The Balaban J connectivity index is 1.73. The average molecular weight is 487 g/mol. The first kappa shape index (κ1) is 25.1. The van der Waals surface area contributed by atoms with Crippen LogP contribution in [0.15, 0.2) is 41.6 Å². The van der Waals surface area contributed by atoms with Gasteiger partial charge in [-0.05, 0) is 56.9 Å². The molecule has 0 saturated carbocycles. The van der Waals surface area contributed by atoms with Crippen LogP contribution in [0.5, 0.6) is 5.75 Å². The first-order valence-corrected chi connectivity index (χ1v) is 12.5. The molecule has 0 aliphatic heterocycles. The number of benzene rings is 2. The zero-order chi connectivity index (χ0) is 24.0. The monoisotopic (exact) mass is 486 g/mol. The third kappa shape index (κ3) is 6.30. The number of amides is 1. The minimum atomic E-state index is -0.0667. The largest absolute Gasteiger partial charge is 0.484 e. The summed E-state index contributed by atoms with van der Waals surface area (Å²) in [5.74, 6) is 1.51. The van der Waals surface area contributed by atoms with Crippen LogP contribution in [0.3, 0.4) is 0 Å². The van der Waals surface area contributed by atoms with E-state index in [1.54, 1.807) is 6.07 Å². The fourth-order valence-corrected chi connectivity index (χ4v) is 4.93. The standard InChI is InChI=1S/C25H31ClN4O2S/c1-6-19(7-2)30-22(14-32-21-11-9-8-10-20(21)26)28-29-25(30)33-15-23(31)27-24-17(4)12-16(3)13-18(24)5/h8-13,19H,6-7,14-15H2,1-5H3,(H,27,31). The Morgan fingerprint density at radius 2 is 1.79 bits per heavy atom. The van der Waals surface area contributed by atoms with Crippen molar-refractivity contribution in [3.63, 3.8) is 0 Å². The van der Waals surface area contributed by atoms with Gasteiger partial charge in [0.1, 0.15) is 12.4 Å². The number of para-hydroxylation sites is 1. The van der Waals surface area contributed by atoms with Gasteiger partial charge >= 0.3 is 0 Å². The molecule has 1 aromatic heterocycles. The van der Waals surface area contributed by atoms with Crippen molar-refractivity contribution in [2.75, 3.05) is 11.1 Å². The summed E-state index contributed by atoms with van der Waals surface area (Å²) in [4.78, 5) is 12.7. The minimum Gasteiger partial charge on any atom is -0.484 e. The van der Waals surface area contributed by atoms with Gasteiger partial charge in [-0.15, -0.1) is 10.2 Å². The molecule has 3 rings (SSSR count). The lowest BCUT2D eigenvalue weighted by Gasteiger charge is -2.19. The third-order valence-corrected chi connectivity index (χ3v) is 6.77. The van der Waals surface area contributed by atoms with Crippen LogP contribution in [-0.2, 0) is 11.4 Å². The molecule has 0 saturated heterocycles. The lowest BCUT2D eigenvalue weighted by Crippen LogP contribution is -2.18. The molecule has 1 heterocycles. The molecule has 33 heavy (non-hydrogen) atoms. The number of carbonyl (C=O) groups excluding carboxylic acids is 1. The number of hydrogen-bond acceptors (Lipinski definition) is 5. The molecule has 0 atom stereocenters. The molecular formula is C25H31ClN4O2S. The molecule has 0 aliphatic carbocycles. The number of halogens is 1. The fraction of sp³-hybridized carbons (Fsp3) is 0.400. The predicted octanol–water partition coefficient (Wildman–Crippen LogP) is 6.53. The number of rotatable bonds is 10. The molecule has 0 spiro atoms. The smallest absolute Gasteiger partial charge is 0.234 e. The summed E-state index contributed by atoms with van der Waals surface area (Å²) in [5.41, 5.74) is 4.18. The van der Waals surface area contributed by atoms with Crippen LogP contribution in [0.25, 0.3) is 0 Å². The van der Waals surface area contributed by atoms with Crippen molar-refractivity contribution in [1.82, 2.24) is 14.8 Å². The molecule has 3 aromatic rings. The second-order valence-corrected chi connectivity index (χ2v) is 9.42. The Kier molecular flexibility index (Phi) is 8.80. The van der Waals surface area contributed by atoms with Gasteiger partial charge in [0.25, 0.3) is 0 Å². The molecular weight excluding hydrogens is 456 g/mol. The number of anilines is 1. The molecule has 1 amide bonds. The number of nitrogens with one attached hydrogen (secondary N) is 1. The molecule has 0 radical (unpaired) electrons. The van der Waals surface area contributed by atoms with E-state index in [0.717, 1.165) is 35.5 Å². The Labute approximate surface area is 205 Å². The Hall–Kier alpha value is -2.51. The fourth-order valence-electron chi connectivity index (χ4n) is 3.91. The number of aryl methyl sites for hydroxylation is 3. The number of aromatic nitrogens is 3.